The lowest BCUT2D eigenvalue weighted by Crippen LogP contribution is -2.44. The molecule has 1 atom stereocenters. The van der Waals surface area contributed by atoms with Crippen LogP contribution in [0.15, 0.2) is 36.5 Å². The third-order valence-corrected chi connectivity index (χ3v) is 4.78. The number of aromatic nitrogens is 2. The summed E-state index contributed by atoms with van der Waals surface area (Å²) >= 11 is 0. The van der Waals surface area contributed by atoms with E-state index in [0.717, 1.165) is 18.5 Å². The Bertz CT molecular complexity index is 749. The van der Waals surface area contributed by atoms with Crippen molar-refractivity contribution in [1.29, 1.82) is 0 Å². The van der Waals surface area contributed by atoms with Crippen LogP contribution in [0.3, 0.4) is 0 Å². The second kappa shape index (κ2) is 6.67. The number of hydrogen-bond acceptors (Lipinski definition) is 3. The SMILES string of the molecule is Cc1ccnc(C2(C)CCCN2C(=O)CCc2ccccc2F)n1. The van der Waals surface area contributed by atoms with Crippen molar-refractivity contribution in [3.63, 3.8) is 0 Å². The normalized spacial score (nSPS) is 20.4. The lowest BCUT2D eigenvalue weighted by atomic mass is 9.96. The summed E-state index contributed by atoms with van der Waals surface area (Å²) in [5, 5.41) is 0. The van der Waals surface area contributed by atoms with Gasteiger partial charge in [-0.3, -0.25) is 4.79 Å². The Balaban J connectivity index is 1.75. The van der Waals surface area contributed by atoms with Crippen molar-refractivity contribution in [1.82, 2.24) is 14.9 Å². The minimum Gasteiger partial charge on any atom is -0.330 e. The molecule has 0 bridgehead atoms. The Labute approximate surface area is 141 Å². The van der Waals surface area contributed by atoms with E-state index in [2.05, 4.69) is 9.97 Å². The molecule has 0 aliphatic carbocycles. The summed E-state index contributed by atoms with van der Waals surface area (Å²) in [7, 11) is 0. The zero-order valence-corrected chi connectivity index (χ0v) is 14.1. The van der Waals surface area contributed by atoms with Crippen LogP contribution in [0.2, 0.25) is 0 Å². The summed E-state index contributed by atoms with van der Waals surface area (Å²) < 4.78 is 13.7. The smallest absolute Gasteiger partial charge is 0.223 e. The molecule has 3 rings (SSSR count). The number of carbonyl (C=O) groups excluding carboxylic acids is 1. The van der Waals surface area contributed by atoms with Crippen molar-refractivity contribution in [2.75, 3.05) is 6.54 Å². The van der Waals surface area contributed by atoms with Crippen LogP contribution in [0.25, 0.3) is 0 Å². The third-order valence-electron chi connectivity index (χ3n) is 4.78. The molecule has 2 aromatic rings. The number of halogens is 1. The van der Waals surface area contributed by atoms with E-state index in [0.29, 0.717) is 30.8 Å². The first kappa shape index (κ1) is 16.6. The average Bonchev–Trinajstić information content (AvgIpc) is 2.97. The highest BCUT2D eigenvalue weighted by Crippen LogP contribution is 2.37. The molecule has 1 aromatic carbocycles. The predicted octanol–water partition coefficient (Wildman–Crippen LogP) is 3.39. The van der Waals surface area contributed by atoms with E-state index >= 15 is 0 Å². The van der Waals surface area contributed by atoms with Crippen LogP contribution < -0.4 is 0 Å². The summed E-state index contributed by atoms with van der Waals surface area (Å²) in [6.07, 6.45) is 4.22. The molecule has 126 valence electrons. The monoisotopic (exact) mass is 327 g/mol. The summed E-state index contributed by atoms with van der Waals surface area (Å²) in [5.74, 6) is 0.471. The molecular formula is C19H22FN3O. The van der Waals surface area contributed by atoms with Crippen molar-refractivity contribution in [3.8, 4) is 0 Å². The molecule has 1 aliphatic rings. The first-order valence-corrected chi connectivity index (χ1v) is 8.35. The molecule has 1 aliphatic heterocycles. The van der Waals surface area contributed by atoms with Gasteiger partial charge in [0.05, 0.1) is 5.54 Å². The second-order valence-corrected chi connectivity index (χ2v) is 6.54. The highest BCUT2D eigenvalue weighted by Gasteiger charge is 2.43. The molecule has 1 aromatic heterocycles. The molecule has 2 heterocycles. The molecule has 0 radical (unpaired) electrons. The van der Waals surface area contributed by atoms with Gasteiger partial charge in [-0.05, 0) is 50.8 Å². The van der Waals surface area contributed by atoms with Gasteiger partial charge in [0.25, 0.3) is 0 Å². The maximum Gasteiger partial charge on any atom is 0.223 e. The fourth-order valence-electron chi connectivity index (χ4n) is 3.38. The minimum atomic E-state index is -0.474. The predicted molar refractivity (Wildman–Crippen MR) is 89.8 cm³/mol. The van der Waals surface area contributed by atoms with E-state index in [-0.39, 0.29) is 11.7 Å². The van der Waals surface area contributed by atoms with E-state index in [1.165, 1.54) is 6.07 Å². The molecule has 0 N–H and O–H groups in total. The standard InChI is InChI=1S/C19H22FN3O/c1-14-10-12-21-18(22-14)19(2)11-5-13-23(19)17(24)9-8-15-6-3-4-7-16(15)20/h3-4,6-7,10,12H,5,8-9,11,13H2,1-2H3. The van der Waals surface area contributed by atoms with Crippen molar-refractivity contribution in [2.45, 2.75) is 45.1 Å². The quantitative estimate of drug-likeness (QED) is 0.865. The zero-order valence-electron chi connectivity index (χ0n) is 14.1. The van der Waals surface area contributed by atoms with Gasteiger partial charge in [0.1, 0.15) is 5.82 Å². The van der Waals surface area contributed by atoms with Crippen LogP contribution in [0.4, 0.5) is 4.39 Å². The minimum absolute atomic E-state index is 0.0309. The van der Waals surface area contributed by atoms with E-state index in [4.69, 9.17) is 0 Å². The van der Waals surface area contributed by atoms with Crippen LogP contribution >= 0.6 is 0 Å². The molecule has 24 heavy (non-hydrogen) atoms. The number of aryl methyl sites for hydroxylation is 2. The molecule has 1 fully saturated rings. The number of benzene rings is 1. The summed E-state index contributed by atoms with van der Waals surface area (Å²) in [6.45, 7) is 4.65. The number of hydrogen-bond donors (Lipinski definition) is 0. The molecule has 1 saturated heterocycles. The van der Waals surface area contributed by atoms with E-state index in [1.54, 1.807) is 24.4 Å². The molecule has 1 unspecified atom stereocenters. The number of amides is 1. The zero-order chi connectivity index (χ0) is 17.2. The summed E-state index contributed by atoms with van der Waals surface area (Å²) in [4.78, 5) is 23.5. The van der Waals surface area contributed by atoms with Crippen LogP contribution in [-0.2, 0) is 16.8 Å². The molecule has 0 spiro atoms. The first-order valence-electron chi connectivity index (χ1n) is 8.35. The van der Waals surface area contributed by atoms with Crippen molar-refractivity contribution >= 4 is 5.91 Å². The Morgan fingerprint density at radius 1 is 1.33 bits per heavy atom. The number of carbonyl (C=O) groups is 1. The summed E-state index contributed by atoms with van der Waals surface area (Å²) in [6, 6.07) is 8.47. The number of rotatable bonds is 4. The van der Waals surface area contributed by atoms with Gasteiger partial charge in [0.15, 0.2) is 5.82 Å². The molecule has 0 saturated carbocycles. The van der Waals surface area contributed by atoms with Gasteiger partial charge in [0, 0.05) is 24.9 Å². The maximum atomic E-state index is 13.7. The van der Waals surface area contributed by atoms with Gasteiger partial charge in [0.2, 0.25) is 5.91 Å². The van der Waals surface area contributed by atoms with E-state index in [9.17, 15) is 9.18 Å². The highest BCUT2D eigenvalue weighted by molar-refractivity contribution is 5.77. The van der Waals surface area contributed by atoms with Gasteiger partial charge < -0.3 is 4.90 Å². The van der Waals surface area contributed by atoms with Crippen LogP contribution in [-0.4, -0.2) is 27.3 Å². The van der Waals surface area contributed by atoms with Crippen LogP contribution in [0, 0.1) is 12.7 Å². The Kier molecular flexibility index (Phi) is 4.60. The fraction of sp³-hybridized carbons (Fsp3) is 0.421. The van der Waals surface area contributed by atoms with Crippen LogP contribution in [0.5, 0.6) is 0 Å². The molecular weight excluding hydrogens is 305 g/mol. The Morgan fingerprint density at radius 3 is 2.88 bits per heavy atom. The van der Waals surface area contributed by atoms with Gasteiger partial charge in [-0.25, -0.2) is 14.4 Å². The number of nitrogens with zero attached hydrogens (tertiary/aromatic N) is 3. The maximum absolute atomic E-state index is 13.7. The van der Waals surface area contributed by atoms with Gasteiger partial charge >= 0.3 is 0 Å². The molecule has 1 amide bonds. The topological polar surface area (TPSA) is 46.1 Å². The van der Waals surface area contributed by atoms with Crippen molar-refractivity contribution < 1.29 is 9.18 Å². The molecule has 4 nitrogen and oxygen atoms in total. The first-order chi connectivity index (χ1) is 11.5. The largest absolute Gasteiger partial charge is 0.330 e. The lowest BCUT2D eigenvalue weighted by molar-refractivity contribution is -0.135. The number of likely N-dealkylation sites (tertiary alicyclic amines) is 1. The van der Waals surface area contributed by atoms with Crippen molar-refractivity contribution in [2.24, 2.45) is 0 Å². The fourth-order valence-corrected chi connectivity index (χ4v) is 3.38. The van der Waals surface area contributed by atoms with Gasteiger partial charge in [-0.1, -0.05) is 18.2 Å². The summed E-state index contributed by atoms with van der Waals surface area (Å²) in [5.41, 5.74) is 1.00. The van der Waals surface area contributed by atoms with Crippen molar-refractivity contribution in [3.05, 3.63) is 59.4 Å². The Hall–Kier alpha value is -2.30. The average molecular weight is 327 g/mol. The van der Waals surface area contributed by atoms with Crippen LogP contribution in [0.1, 0.15) is 43.3 Å². The van der Waals surface area contributed by atoms with E-state index in [1.807, 2.05) is 24.8 Å². The molecule has 5 heteroatoms. The van der Waals surface area contributed by atoms with Gasteiger partial charge in [-0.2, -0.15) is 0 Å². The second-order valence-electron chi connectivity index (χ2n) is 6.54. The lowest BCUT2D eigenvalue weighted by Gasteiger charge is -2.34. The highest BCUT2D eigenvalue weighted by atomic mass is 19.1. The third kappa shape index (κ3) is 3.16. The van der Waals surface area contributed by atoms with Gasteiger partial charge in [-0.15, -0.1) is 0 Å². The Morgan fingerprint density at radius 2 is 2.12 bits per heavy atom. The van der Waals surface area contributed by atoms with E-state index < -0.39 is 5.54 Å².